The molecule has 0 aliphatic carbocycles. The number of carbonyl (C=O) groups is 2. The number of imidazole rings is 1. The maximum absolute atomic E-state index is 12.8. The van der Waals surface area contributed by atoms with E-state index in [0.29, 0.717) is 31.7 Å². The Kier molecular flexibility index (Phi) is 5.70. The van der Waals surface area contributed by atoms with Crippen LogP contribution in [0.2, 0.25) is 0 Å². The number of amides is 2. The summed E-state index contributed by atoms with van der Waals surface area (Å²) in [7, 11) is 0. The van der Waals surface area contributed by atoms with Gasteiger partial charge in [0.15, 0.2) is 0 Å². The smallest absolute Gasteiger partial charge is 0.326 e. The summed E-state index contributed by atoms with van der Waals surface area (Å²) in [4.78, 5) is 39.1. The number of aryl methyl sites for hydroxylation is 2. The predicted octanol–water partition coefficient (Wildman–Crippen LogP) is 3.37. The summed E-state index contributed by atoms with van der Waals surface area (Å²) < 4.78 is 3.44. The van der Waals surface area contributed by atoms with Gasteiger partial charge in [0.25, 0.3) is 0 Å². The fraction of sp³-hybridized carbons (Fsp3) is 0.348. The van der Waals surface area contributed by atoms with Gasteiger partial charge in [0.1, 0.15) is 0 Å². The van der Waals surface area contributed by atoms with Crippen LogP contribution in [0.25, 0.3) is 11.0 Å². The van der Waals surface area contributed by atoms with Crippen LogP contribution >= 0.6 is 0 Å². The first kappa shape index (κ1) is 19.9. The van der Waals surface area contributed by atoms with Crippen LogP contribution in [-0.2, 0) is 22.7 Å². The highest BCUT2D eigenvalue weighted by molar-refractivity contribution is 5.97. The SMILES string of the molecule is CCCn1c(=O)n(CCC(=O)Nc2cccc(N3CCCC3=O)c2)c2ccccc21. The molecule has 0 radical (unpaired) electrons. The fourth-order valence-corrected chi connectivity index (χ4v) is 4.04. The van der Waals surface area contributed by atoms with Gasteiger partial charge in [-0.15, -0.1) is 0 Å². The number of hydrogen-bond acceptors (Lipinski definition) is 3. The predicted molar refractivity (Wildman–Crippen MR) is 118 cm³/mol. The zero-order valence-corrected chi connectivity index (χ0v) is 17.1. The quantitative estimate of drug-likeness (QED) is 0.654. The van der Waals surface area contributed by atoms with Gasteiger partial charge in [0, 0.05) is 43.9 Å². The van der Waals surface area contributed by atoms with Gasteiger partial charge in [-0.2, -0.15) is 0 Å². The minimum Gasteiger partial charge on any atom is -0.326 e. The topological polar surface area (TPSA) is 76.3 Å². The molecule has 1 fully saturated rings. The Balaban J connectivity index is 1.47. The lowest BCUT2D eigenvalue weighted by atomic mass is 10.2. The average molecular weight is 406 g/mol. The van der Waals surface area contributed by atoms with E-state index in [0.717, 1.165) is 29.6 Å². The van der Waals surface area contributed by atoms with Crippen molar-refractivity contribution in [3.8, 4) is 0 Å². The average Bonchev–Trinajstić information content (AvgIpc) is 3.29. The van der Waals surface area contributed by atoms with Crippen LogP contribution in [0, 0.1) is 0 Å². The minimum atomic E-state index is -0.167. The van der Waals surface area contributed by atoms with E-state index in [1.807, 2.05) is 49.4 Å². The van der Waals surface area contributed by atoms with Gasteiger partial charge in [-0.05, 0) is 43.2 Å². The molecule has 0 bridgehead atoms. The Morgan fingerprint density at radius 3 is 2.40 bits per heavy atom. The number of para-hydroxylation sites is 2. The fourth-order valence-electron chi connectivity index (χ4n) is 4.04. The number of hydrogen-bond donors (Lipinski definition) is 1. The number of fused-ring (bicyclic) bond motifs is 1. The third kappa shape index (κ3) is 3.87. The number of rotatable bonds is 7. The molecular weight excluding hydrogens is 380 g/mol. The van der Waals surface area contributed by atoms with E-state index < -0.39 is 0 Å². The summed E-state index contributed by atoms with van der Waals surface area (Å²) >= 11 is 0. The van der Waals surface area contributed by atoms with Gasteiger partial charge in [-0.1, -0.05) is 25.1 Å². The molecule has 1 aromatic heterocycles. The molecule has 4 rings (SSSR count). The van der Waals surface area contributed by atoms with E-state index in [1.165, 1.54) is 0 Å². The third-order valence-corrected chi connectivity index (χ3v) is 5.45. The molecule has 30 heavy (non-hydrogen) atoms. The van der Waals surface area contributed by atoms with E-state index >= 15 is 0 Å². The van der Waals surface area contributed by atoms with Crippen molar-refractivity contribution < 1.29 is 9.59 Å². The van der Waals surface area contributed by atoms with Crippen molar-refractivity contribution in [1.82, 2.24) is 9.13 Å². The van der Waals surface area contributed by atoms with Gasteiger partial charge in [-0.3, -0.25) is 18.7 Å². The Morgan fingerprint density at radius 1 is 1.00 bits per heavy atom. The van der Waals surface area contributed by atoms with Crippen molar-refractivity contribution in [3.63, 3.8) is 0 Å². The van der Waals surface area contributed by atoms with Crippen LogP contribution < -0.4 is 15.9 Å². The van der Waals surface area contributed by atoms with Gasteiger partial charge in [0.2, 0.25) is 11.8 Å². The van der Waals surface area contributed by atoms with Crippen LogP contribution in [0.3, 0.4) is 0 Å². The molecule has 7 heteroatoms. The molecule has 0 saturated carbocycles. The minimum absolute atomic E-state index is 0.0830. The molecule has 0 spiro atoms. The zero-order valence-electron chi connectivity index (χ0n) is 17.1. The van der Waals surface area contributed by atoms with E-state index in [1.54, 1.807) is 20.1 Å². The molecule has 1 N–H and O–H groups in total. The second-order valence-corrected chi connectivity index (χ2v) is 7.57. The Morgan fingerprint density at radius 2 is 1.73 bits per heavy atom. The zero-order chi connectivity index (χ0) is 21.1. The first-order valence-corrected chi connectivity index (χ1v) is 10.5. The first-order valence-electron chi connectivity index (χ1n) is 10.5. The van der Waals surface area contributed by atoms with Gasteiger partial charge in [0.05, 0.1) is 11.0 Å². The van der Waals surface area contributed by atoms with Gasteiger partial charge < -0.3 is 10.2 Å². The van der Waals surface area contributed by atoms with E-state index in [2.05, 4.69) is 5.32 Å². The summed E-state index contributed by atoms with van der Waals surface area (Å²) in [5, 5.41) is 2.89. The Bertz CT molecular complexity index is 1140. The Labute approximate surface area is 174 Å². The van der Waals surface area contributed by atoms with Crippen molar-refractivity contribution in [3.05, 3.63) is 59.0 Å². The highest BCUT2D eigenvalue weighted by Crippen LogP contribution is 2.24. The maximum Gasteiger partial charge on any atom is 0.329 e. The lowest BCUT2D eigenvalue weighted by Gasteiger charge is -2.16. The van der Waals surface area contributed by atoms with Crippen LogP contribution in [0.1, 0.15) is 32.6 Å². The van der Waals surface area contributed by atoms with E-state index in [-0.39, 0.29) is 23.9 Å². The highest BCUT2D eigenvalue weighted by Gasteiger charge is 2.22. The van der Waals surface area contributed by atoms with Gasteiger partial charge >= 0.3 is 5.69 Å². The summed E-state index contributed by atoms with van der Waals surface area (Å²) in [5.74, 6) is -0.0551. The van der Waals surface area contributed by atoms with Crippen molar-refractivity contribution in [1.29, 1.82) is 0 Å². The second-order valence-electron chi connectivity index (χ2n) is 7.57. The molecular formula is C23H26N4O3. The standard InChI is InChI=1S/C23H26N4O3/c1-2-13-26-19-9-3-4-10-20(19)27(23(26)30)15-12-21(28)24-17-7-5-8-18(16-17)25-14-6-11-22(25)29/h3-5,7-10,16H,2,6,11-15H2,1H3,(H,24,28). The highest BCUT2D eigenvalue weighted by atomic mass is 16.2. The van der Waals surface area contributed by atoms with Crippen molar-refractivity contribution in [2.24, 2.45) is 0 Å². The number of nitrogens with zero attached hydrogens (tertiary/aromatic N) is 3. The normalized spacial score (nSPS) is 13.9. The van der Waals surface area contributed by atoms with Crippen molar-refractivity contribution in [2.75, 3.05) is 16.8 Å². The van der Waals surface area contributed by atoms with E-state index in [4.69, 9.17) is 0 Å². The van der Waals surface area contributed by atoms with Crippen LogP contribution in [0.4, 0.5) is 11.4 Å². The molecule has 7 nitrogen and oxygen atoms in total. The summed E-state index contributed by atoms with van der Waals surface area (Å²) in [6, 6.07) is 15.0. The molecule has 0 unspecified atom stereocenters. The lowest BCUT2D eigenvalue weighted by Crippen LogP contribution is -2.26. The maximum atomic E-state index is 12.8. The molecule has 0 atom stereocenters. The number of anilines is 2. The number of nitrogens with one attached hydrogen (secondary N) is 1. The summed E-state index contributed by atoms with van der Waals surface area (Å²) in [5.41, 5.74) is 3.11. The van der Waals surface area contributed by atoms with Crippen LogP contribution in [0.5, 0.6) is 0 Å². The Hall–Kier alpha value is -3.35. The lowest BCUT2D eigenvalue weighted by molar-refractivity contribution is -0.117. The largest absolute Gasteiger partial charge is 0.329 e. The van der Waals surface area contributed by atoms with Crippen LogP contribution in [0.15, 0.2) is 53.3 Å². The van der Waals surface area contributed by atoms with E-state index in [9.17, 15) is 14.4 Å². The van der Waals surface area contributed by atoms with Crippen molar-refractivity contribution in [2.45, 2.75) is 45.7 Å². The molecule has 1 aliphatic heterocycles. The molecule has 1 saturated heterocycles. The number of benzene rings is 2. The molecule has 2 aromatic carbocycles. The third-order valence-electron chi connectivity index (χ3n) is 5.45. The summed E-state index contributed by atoms with van der Waals surface area (Å²) in [6.45, 7) is 3.71. The molecule has 156 valence electrons. The number of carbonyl (C=O) groups excluding carboxylic acids is 2. The van der Waals surface area contributed by atoms with Gasteiger partial charge in [-0.25, -0.2) is 4.79 Å². The second kappa shape index (κ2) is 8.57. The molecule has 2 amide bonds. The van der Waals surface area contributed by atoms with Crippen LogP contribution in [-0.4, -0.2) is 27.5 Å². The molecule has 1 aliphatic rings. The molecule has 3 aromatic rings. The summed E-state index contributed by atoms with van der Waals surface area (Å²) in [6.07, 6.45) is 2.48. The first-order chi connectivity index (χ1) is 14.6. The number of aromatic nitrogens is 2. The molecule has 2 heterocycles. The monoisotopic (exact) mass is 406 g/mol. The van der Waals surface area contributed by atoms with Crippen molar-refractivity contribution >= 4 is 34.2 Å².